The lowest BCUT2D eigenvalue weighted by molar-refractivity contribution is 0.0554. The lowest BCUT2D eigenvalue weighted by Crippen LogP contribution is -2.07. The molecule has 0 aromatic heterocycles. The molecule has 78 valence electrons. The summed E-state index contributed by atoms with van der Waals surface area (Å²) in [7, 11) is 0. The van der Waals surface area contributed by atoms with Crippen molar-refractivity contribution < 1.29 is 13.9 Å². The minimum Gasteiger partial charge on any atom is -0.447 e. The summed E-state index contributed by atoms with van der Waals surface area (Å²) < 4.78 is 17.7. The van der Waals surface area contributed by atoms with Gasteiger partial charge in [-0.2, -0.15) is 5.26 Å². The Morgan fingerprint density at radius 1 is 1.67 bits per heavy atom. The number of carbonyl (C=O) groups is 1. The third-order valence-corrected chi connectivity index (χ3v) is 2.23. The van der Waals surface area contributed by atoms with E-state index in [0.29, 0.717) is 0 Å². The molecular weight excluding hydrogens is 267 g/mol. The first-order valence-electron chi connectivity index (χ1n) is 3.85. The summed E-state index contributed by atoms with van der Waals surface area (Å²) in [5, 5.41) is 8.21. The van der Waals surface area contributed by atoms with Gasteiger partial charge in [-0.05, 0) is 28.1 Å². The van der Waals surface area contributed by atoms with Crippen LogP contribution in [0.15, 0.2) is 16.6 Å². The average Bonchev–Trinajstić information content (AvgIpc) is 2.20. The number of nitrogen functional groups attached to an aromatic ring is 1. The first-order chi connectivity index (χ1) is 7.06. The minimum atomic E-state index is -0.727. The van der Waals surface area contributed by atoms with Gasteiger partial charge in [0.05, 0.1) is 11.3 Å². The Balaban J connectivity index is 3.00. The van der Waals surface area contributed by atoms with Gasteiger partial charge >= 0.3 is 5.97 Å². The number of halogens is 2. The van der Waals surface area contributed by atoms with E-state index in [1.54, 1.807) is 6.07 Å². The van der Waals surface area contributed by atoms with Crippen LogP contribution in [0.25, 0.3) is 0 Å². The number of hydrogen-bond acceptors (Lipinski definition) is 4. The zero-order valence-electron chi connectivity index (χ0n) is 7.46. The molecule has 0 saturated heterocycles. The second-order valence-electron chi connectivity index (χ2n) is 2.59. The highest BCUT2D eigenvalue weighted by molar-refractivity contribution is 9.10. The van der Waals surface area contributed by atoms with Crippen molar-refractivity contribution in [2.24, 2.45) is 0 Å². The van der Waals surface area contributed by atoms with E-state index in [2.05, 4.69) is 20.7 Å². The van der Waals surface area contributed by atoms with E-state index in [9.17, 15) is 9.18 Å². The van der Waals surface area contributed by atoms with Gasteiger partial charge in [0.15, 0.2) is 6.61 Å². The van der Waals surface area contributed by atoms with Gasteiger partial charge in [-0.3, -0.25) is 0 Å². The van der Waals surface area contributed by atoms with Crippen molar-refractivity contribution in [3.63, 3.8) is 0 Å². The van der Waals surface area contributed by atoms with Crippen LogP contribution in [-0.2, 0) is 4.74 Å². The van der Waals surface area contributed by atoms with Crippen molar-refractivity contribution in [3.05, 3.63) is 28.0 Å². The van der Waals surface area contributed by atoms with Crippen LogP contribution >= 0.6 is 15.9 Å². The molecule has 0 saturated carbocycles. The van der Waals surface area contributed by atoms with Gasteiger partial charge in [-0.1, -0.05) is 0 Å². The van der Waals surface area contributed by atoms with Crippen molar-refractivity contribution in [1.29, 1.82) is 5.26 Å². The van der Waals surface area contributed by atoms with Crippen LogP contribution in [0.3, 0.4) is 0 Å². The van der Waals surface area contributed by atoms with E-state index in [1.807, 2.05) is 0 Å². The highest BCUT2D eigenvalue weighted by Crippen LogP contribution is 2.23. The van der Waals surface area contributed by atoms with Gasteiger partial charge in [0.2, 0.25) is 0 Å². The monoisotopic (exact) mass is 272 g/mol. The normalized spacial score (nSPS) is 9.40. The summed E-state index contributed by atoms with van der Waals surface area (Å²) in [6.07, 6.45) is 0. The molecule has 0 atom stereocenters. The third-order valence-electron chi connectivity index (χ3n) is 1.57. The van der Waals surface area contributed by atoms with Crippen molar-refractivity contribution in [2.75, 3.05) is 12.3 Å². The molecule has 0 bridgehead atoms. The molecule has 6 heteroatoms. The molecule has 0 aliphatic rings. The summed E-state index contributed by atoms with van der Waals surface area (Å²) in [6, 6.07) is 3.87. The molecule has 0 heterocycles. The van der Waals surface area contributed by atoms with E-state index >= 15 is 0 Å². The van der Waals surface area contributed by atoms with Crippen LogP contribution in [-0.4, -0.2) is 12.6 Å². The number of hydrogen-bond donors (Lipinski definition) is 1. The predicted molar refractivity (Wildman–Crippen MR) is 54.4 cm³/mol. The first kappa shape index (κ1) is 11.5. The van der Waals surface area contributed by atoms with E-state index in [4.69, 9.17) is 11.0 Å². The molecule has 0 amide bonds. The summed E-state index contributed by atoms with van der Waals surface area (Å²) in [5.41, 5.74) is 5.22. The van der Waals surface area contributed by atoms with Crippen LogP contribution in [0.4, 0.5) is 10.1 Å². The molecule has 1 aromatic carbocycles. The number of esters is 1. The highest BCUT2D eigenvalue weighted by Gasteiger charge is 2.14. The van der Waals surface area contributed by atoms with Crippen LogP contribution in [0, 0.1) is 17.1 Å². The minimum absolute atomic E-state index is 0.0872. The van der Waals surface area contributed by atoms with Gasteiger partial charge in [-0.25, -0.2) is 9.18 Å². The number of nitriles is 1. The molecule has 0 fully saturated rings. The fourth-order valence-corrected chi connectivity index (χ4v) is 1.38. The maximum absolute atomic E-state index is 12.9. The SMILES string of the molecule is N#CCOC(=O)c1cc(N)c(F)cc1Br. The molecule has 15 heavy (non-hydrogen) atoms. The van der Waals surface area contributed by atoms with Gasteiger partial charge in [-0.15, -0.1) is 0 Å². The van der Waals surface area contributed by atoms with Crippen LogP contribution in [0.1, 0.15) is 10.4 Å². The number of anilines is 1. The Labute approximate surface area is 93.6 Å². The van der Waals surface area contributed by atoms with Crippen LogP contribution < -0.4 is 5.73 Å². The molecule has 2 N–H and O–H groups in total. The number of ether oxygens (including phenoxy) is 1. The summed E-state index contributed by atoms with van der Waals surface area (Å²) in [6.45, 7) is -0.359. The van der Waals surface area contributed by atoms with Gasteiger partial charge in [0, 0.05) is 4.47 Å². The molecule has 1 aromatic rings. The van der Waals surface area contributed by atoms with E-state index in [1.165, 1.54) is 0 Å². The fraction of sp³-hybridized carbons (Fsp3) is 0.111. The number of nitrogens with two attached hydrogens (primary N) is 1. The van der Waals surface area contributed by atoms with E-state index in [-0.39, 0.29) is 22.3 Å². The Kier molecular flexibility index (Phi) is 3.63. The smallest absolute Gasteiger partial charge is 0.340 e. The molecule has 0 aliphatic carbocycles. The second-order valence-corrected chi connectivity index (χ2v) is 3.44. The van der Waals surface area contributed by atoms with Crippen molar-refractivity contribution in [1.82, 2.24) is 0 Å². The molecule has 0 spiro atoms. The van der Waals surface area contributed by atoms with Crippen molar-refractivity contribution in [2.45, 2.75) is 0 Å². The van der Waals surface area contributed by atoms with Gasteiger partial charge in [0.1, 0.15) is 11.9 Å². The van der Waals surface area contributed by atoms with Crippen molar-refractivity contribution >= 4 is 27.6 Å². The Morgan fingerprint density at radius 3 is 2.93 bits per heavy atom. The number of carbonyl (C=O) groups excluding carboxylic acids is 1. The Hall–Kier alpha value is -1.61. The van der Waals surface area contributed by atoms with Gasteiger partial charge < -0.3 is 10.5 Å². The topological polar surface area (TPSA) is 76.1 Å². The first-order valence-corrected chi connectivity index (χ1v) is 4.64. The quantitative estimate of drug-likeness (QED) is 0.659. The van der Waals surface area contributed by atoms with E-state index in [0.717, 1.165) is 12.1 Å². The van der Waals surface area contributed by atoms with Crippen molar-refractivity contribution in [3.8, 4) is 6.07 Å². The molecule has 0 unspecified atom stereocenters. The fourth-order valence-electron chi connectivity index (χ4n) is 0.898. The second kappa shape index (κ2) is 4.75. The molecule has 4 nitrogen and oxygen atoms in total. The van der Waals surface area contributed by atoms with Gasteiger partial charge in [0.25, 0.3) is 0 Å². The third kappa shape index (κ3) is 2.67. The summed E-state index contributed by atoms with van der Waals surface area (Å²) in [5.74, 6) is -1.35. The molecule has 0 radical (unpaired) electrons. The Bertz CT molecular complexity index is 442. The van der Waals surface area contributed by atoms with E-state index < -0.39 is 11.8 Å². The summed E-state index contributed by atoms with van der Waals surface area (Å²) in [4.78, 5) is 11.3. The highest BCUT2D eigenvalue weighted by atomic mass is 79.9. The molecule has 0 aliphatic heterocycles. The zero-order valence-corrected chi connectivity index (χ0v) is 9.04. The standard InChI is InChI=1S/C9H6BrFN2O2/c10-6-4-7(11)8(13)3-5(6)9(14)15-2-1-12/h3-4H,2,13H2. The predicted octanol–water partition coefficient (Wildman–Crippen LogP) is 1.85. The number of nitrogens with zero attached hydrogens (tertiary/aromatic N) is 1. The van der Waals surface area contributed by atoms with Crippen LogP contribution in [0.5, 0.6) is 0 Å². The number of rotatable bonds is 2. The average molecular weight is 273 g/mol. The lowest BCUT2D eigenvalue weighted by Gasteiger charge is -2.05. The lowest BCUT2D eigenvalue weighted by atomic mass is 10.2. The Morgan fingerprint density at radius 2 is 2.33 bits per heavy atom. The maximum Gasteiger partial charge on any atom is 0.340 e. The largest absolute Gasteiger partial charge is 0.447 e. The number of benzene rings is 1. The summed E-state index contributed by atoms with van der Waals surface area (Å²) >= 11 is 2.99. The van der Waals surface area contributed by atoms with Crippen LogP contribution in [0.2, 0.25) is 0 Å². The maximum atomic E-state index is 12.9. The molecule has 1 rings (SSSR count). The zero-order chi connectivity index (χ0) is 11.4. The molecular formula is C9H6BrFN2O2.